The van der Waals surface area contributed by atoms with Crippen molar-refractivity contribution in [3.63, 3.8) is 0 Å². The van der Waals surface area contributed by atoms with Crippen molar-refractivity contribution in [3.05, 3.63) is 108 Å². The molecule has 4 nitrogen and oxygen atoms in total. The highest BCUT2D eigenvalue weighted by atomic mass is 16.1. The van der Waals surface area contributed by atoms with E-state index in [4.69, 9.17) is 0 Å². The van der Waals surface area contributed by atoms with Gasteiger partial charge in [0.25, 0.3) is 5.91 Å². The van der Waals surface area contributed by atoms with E-state index in [2.05, 4.69) is 63.8 Å². The van der Waals surface area contributed by atoms with E-state index in [0.29, 0.717) is 5.69 Å². The van der Waals surface area contributed by atoms with Gasteiger partial charge in [-0.25, -0.2) is 0 Å². The zero-order valence-corrected chi connectivity index (χ0v) is 19.3. The summed E-state index contributed by atoms with van der Waals surface area (Å²) < 4.78 is 4.55. The number of hydrogen-bond acceptors (Lipinski definition) is 1. The molecule has 4 heteroatoms. The fraction of sp³-hybridized carbons (Fsp3) is 0.167. The van der Waals surface area contributed by atoms with Gasteiger partial charge in [0.15, 0.2) is 0 Å². The molecule has 0 spiro atoms. The van der Waals surface area contributed by atoms with Gasteiger partial charge in [-0.15, -0.1) is 0 Å². The quantitative estimate of drug-likeness (QED) is 0.319. The second kappa shape index (κ2) is 8.38. The Morgan fingerprint density at radius 2 is 1.53 bits per heavy atom. The lowest BCUT2D eigenvalue weighted by Gasteiger charge is -2.10. The van der Waals surface area contributed by atoms with E-state index in [1.165, 1.54) is 16.7 Å². The highest BCUT2D eigenvalue weighted by Gasteiger charge is 2.29. The first kappa shape index (κ1) is 20.5. The third-order valence-corrected chi connectivity index (χ3v) is 6.79. The zero-order chi connectivity index (χ0) is 23.1. The highest BCUT2D eigenvalue weighted by Crippen LogP contribution is 2.39. The van der Waals surface area contributed by atoms with Crippen LogP contribution in [0.4, 0.5) is 5.69 Å². The van der Waals surface area contributed by atoms with Crippen molar-refractivity contribution in [1.29, 1.82) is 0 Å². The molecule has 0 saturated carbocycles. The number of anilines is 1. The molecule has 1 amide bonds. The Morgan fingerprint density at radius 3 is 2.26 bits per heavy atom. The summed E-state index contributed by atoms with van der Waals surface area (Å²) in [5.74, 6) is -0.0838. The average molecular weight is 446 g/mol. The van der Waals surface area contributed by atoms with Crippen molar-refractivity contribution in [3.8, 4) is 22.4 Å². The van der Waals surface area contributed by atoms with E-state index in [1.807, 2.05) is 48.5 Å². The number of carbonyl (C=O) groups is 1. The number of nitrogens with one attached hydrogen (secondary N) is 1. The van der Waals surface area contributed by atoms with Crippen LogP contribution in [-0.2, 0) is 13.0 Å². The summed E-state index contributed by atoms with van der Waals surface area (Å²) in [4.78, 5) is 13.8. The Labute approximate surface area is 199 Å². The first-order valence-corrected chi connectivity index (χ1v) is 12.0. The number of amides is 1. The van der Waals surface area contributed by atoms with Crippen molar-refractivity contribution < 1.29 is 4.79 Å². The van der Waals surface area contributed by atoms with Crippen LogP contribution in [0.3, 0.4) is 0 Å². The van der Waals surface area contributed by atoms with E-state index in [9.17, 15) is 4.79 Å². The molecule has 0 radical (unpaired) electrons. The summed E-state index contributed by atoms with van der Waals surface area (Å²) >= 11 is 0. The molecule has 168 valence electrons. The molecule has 34 heavy (non-hydrogen) atoms. The van der Waals surface area contributed by atoms with Crippen molar-refractivity contribution >= 4 is 17.2 Å². The van der Waals surface area contributed by atoms with Gasteiger partial charge in [0, 0.05) is 29.6 Å². The summed E-state index contributed by atoms with van der Waals surface area (Å²) in [5, 5.41) is 3.14. The van der Waals surface area contributed by atoms with E-state index in [-0.39, 0.29) is 5.91 Å². The highest BCUT2D eigenvalue weighted by molar-refractivity contribution is 6.10. The molecule has 0 aliphatic carbocycles. The van der Waals surface area contributed by atoms with E-state index in [1.54, 1.807) is 0 Å². The van der Waals surface area contributed by atoms with Crippen LogP contribution >= 0.6 is 0 Å². The van der Waals surface area contributed by atoms with Crippen molar-refractivity contribution in [2.24, 2.45) is 0 Å². The van der Waals surface area contributed by atoms with Crippen LogP contribution in [0.25, 0.3) is 28.0 Å². The molecule has 1 aliphatic rings. The maximum Gasteiger partial charge on any atom is 0.273 e. The van der Waals surface area contributed by atoms with Crippen molar-refractivity contribution in [2.75, 3.05) is 5.32 Å². The van der Waals surface area contributed by atoms with Crippen molar-refractivity contribution in [2.45, 2.75) is 32.7 Å². The van der Waals surface area contributed by atoms with Gasteiger partial charge in [0.2, 0.25) is 0 Å². The van der Waals surface area contributed by atoms with Gasteiger partial charge in [-0.3, -0.25) is 9.20 Å². The fourth-order valence-electron chi connectivity index (χ4n) is 5.19. The maximum atomic E-state index is 13.8. The Bertz CT molecular complexity index is 1480. The predicted octanol–water partition coefficient (Wildman–Crippen LogP) is 6.97. The summed E-state index contributed by atoms with van der Waals surface area (Å²) in [6, 6.07) is 28.7. The van der Waals surface area contributed by atoms with Gasteiger partial charge in [-0.1, -0.05) is 78.4 Å². The lowest BCUT2D eigenvalue weighted by Crippen LogP contribution is -2.15. The first-order chi connectivity index (χ1) is 16.7. The number of carbonyl (C=O) groups excluding carboxylic acids is 1. The number of imidazole rings is 1. The van der Waals surface area contributed by atoms with Crippen LogP contribution in [0.2, 0.25) is 0 Å². The standard InChI is InChI=1S/C30H27N3O/c1-21-15-17-22(18-16-21)26-20-33-28(29(34)31-24-12-6-3-7-13-24)27(23-10-4-2-5-11-23)25-14-8-9-19-32(26)30(25)33/h2-7,10-13,15-18,20H,8-9,14,19H2,1H3,(H,31,34). The number of aromatic nitrogens is 2. The monoisotopic (exact) mass is 445 g/mol. The second-order valence-electron chi connectivity index (χ2n) is 9.07. The third kappa shape index (κ3) is 3.43. The third-order valence-electron chi connectivity index (χ3n) is 6.79. The molecule has 2 aromatic heterocycles. The minimum absolute atomic E-state index is 0.0838. The van der Waals surface area contributed by atoms with Gasteiger partial charge in [-0.2, -0.15) is 0 Å². The number of nitrogens with zero attached hydrogens (tertiary/aromatic N) is 2. The molecular weight excluding hydrogens is 418 g/mol. The average Bonchev–Trinajstić information content (AvgIpc) is 3.28. The molecule has 0 bridgehead atoms. The van der Waals surface area contributed by atoms with Gasteiger partial charge in [-0.05, 0) is 49.4 Å². The number of benzene rings is 3. The van der Waals surface area contributed by atoms with Crippen LogP contribution in [-0.4, -0.2) is 14.9 Å². The zero-order valence-electron chi connectivity index (χ0n) is 19.3. The normalized spacial score (nSPS) is 13.1. The number of rotatable bonds is 4. The van der Waals surface area contributed by atoms with Crippen LogP contribution in [0, 0.1) is 6.92 Å². The molecule has 3 aromatic carbocycles. The minimum Gasteiger partial charge on any atom is -0.325 e. The second-order valence-corrected chi connectivity index (χ2v) is 9.07. The Kier molecular flexibility index (Phi) is 5.06. The van der Waals surface area contributed by atoms with Gasteiger partial charge >= 0.3 is 0 Å². The van der Waals surface area contributed by atoms with Crippen LogP contribution in [0.1, 0.15) is 34.5 Å². The van der Waals surface area contributed by atoms with Crippen LogP contribution < -0.4 is 5.32 Å². The molecule has 0 fully saturated rings. The number of aryl methyl sites for hydroxylation is 3. The summed E-state index contributed by atoms with van der Waals surface area (Å²) in [6.07, 6.45) is 5.34. The van der Waals surface area contributed by atoms with Crippen molar-refractivity contribution in [1.82, 2.24) is 8.97 Å². The van der Waals surface area contributed by atoms with Gasteiger partial charge < -0.3 is 9.88 Å². The number of hydrogen-bond donors (Lipinski definition) is 1. The summed E-state index contributed by atoms with van der Waals surface area (Å²) in [7, 11) is 0. The molecule has 3 heterocycles. The van der Waals surface area contributed by atoms with Gasteiger partial charge in [0.1, 0.15) is 11.3 Å². The lowest BCUT2D eigenvalue weighted by molar-refractivity contribution is 0.102. The molecule has 1 N–H and O–H groups in total. The molecule has 0 atom stereocenters. The predicted molar refractivity (Wildman–Crippen MR) is 138 cm³/mol. The Hall–Kier alpha value is -4.05. The summed E-state index contributed by atoms with van der Waals surface area (Å²) in [5.41, 5.74) is 9.63. The number of para-hydroxylation sites is 1. The minimum atomic E-state index is -0.0838. The molecule has 0 saturated heterocycles. The Balaban J connectivity index is 1.62. The van der Waals surface area contributed by atoms with E-state index < -0.39 is 0 Å². The smallest absolute Gasteiger partial charge is 0.273 e. The lowest BCUT2D eigenvalue weighted by atomic mass is 9.98. The van der Waals surface area contributed by atoms with E-state index in [0.717, 1.165) is 54.0 Å². The Morgan fingerprint density at radius 1 is 0.824 bits per heavy atom. The van der Waals surface area contributed by atoms with Crippen LogP contribution in [0.5, 0.6) is 0 Å². The van der Waals surface area contributed by atoms with Crippen LogP contribution in [0.15, 0.2) is 91.1 Å². The molecular formula is C30H27N3O. The SMILES string of the molecule is Cc1ccc(-c2cn3c(C(=O)Nc4ccccc4)c(-c4ccccc4)c4c3n2CCCC4)cc1. The topological polar surface area (TPSA) is 38.4 Å². The summed E-state index contributed by atoms with van der Waals surface area (Å²) in [6.45, 7) is 3.06. The molecule has 0 unspecified atom stereocenters. The molecule has 1 aliphatic heterocycles. The van der Waals surface area contributed by atoms with Gasteiger partial charge in [0.05, 0.1) is 5.69 Å². The van der Waals surface area contributed by atoms with E-state index >= 15 is 0 Å². The molecule has 6 rings (SSSR count). The maximum absolute atomic E-state index is 13.8. The fourth-order valence-corrected chi connectivity index (χ4v) is 5.19. The first-order valence-electron chi connectivity index (χ1n) is 12.0. The largest absolute Gasteiger partial charge is 0.325 e. The molecule has 5 aromatic rings.